The van der Waals surface area contributed by atoms with Gasteiger partial charge in [0.05, 0.1) is 12.6 Å². The van der Waals surface area contributed by atoms with Crippen LogP contribution in [0.4, 0.5) is 0 Å². The lowest BCUT2D eigenvalue weighted by Gasteiger charge is -2.38. The number of hydrogen-bond acceptors (Lipinski definition) is 4. The van der Waals surface area contributed by atoms with Crippen molar-refractivity contribution in [2.75, 3.05) is 6.54 Å². The third kappa shape index (κ3) is 3.59. The highest BCUT2D eigenvalue weighted by molar-refractivity contribution is 7.07. The van der Waals surface area contributed by atoms with Crippen LogP contribution in [0.25, 0.3) is 0 Å². The van der Waals surface area contributed by atoms with Crippen molar-refractivity contribution in [2.45, 2.75) is 57.2 Å². The lowest BCUT2D eigenvalue weighted by atomic mass is 9.96. The molecule has 0 bridgehead atoms. The van der Waals surface area contributed by atoms with Gasteiger partial charge in [-0.25, -0.2) is 0 Å². The molecule has 4 nitrogen and oxygen atoms in total. The van der Waals surface area contributed by atoms with E-state index in [1.54, 1.807) is 11.3 Å². The average Bonchev–Trinajstić information content (AvgIpc) is 3.10. The van der Waals surface area contributed by atoms with Crippen LogP contribution in [-0.4, -0.2) is 29.4 Å². The summed E-state index contributed by atoms with van der Waals surface area (Å²) in [5, 5.41) is 4.21. The van der Waals surface area contributed by atoms with Gasteiger partial charge in [-0.15, -0.1) is 0 Å². The molecule has 20 heavy (non-hydrogen) atoms. The van der Waals surface area contributed by atoms with E-state index >= 15 is 0 Å². The van der Waals surface area contributed by atoms with Crippen LogP contribution in [-0.2, 0) is 4.79 Å². The largest absolute Gasteiger partial charge is 0.369 e. The summed E-state index contributed by atoms with van der Waals surface area (Å²) in [6.07, 6.45) is 5.65. The normalized spacial score (nSPS) is 19.4. The second-order valence-electron chi connectivity index (χ2n) is 5.65. The molecule has 1 aliphatic carbocycles. The number of carbonyl (C=O) groups is 1. The van der Waals surface area contributed by atoms with Crippen molar-refractivity contribution in [3.05, 3.63) is 22.4 Å². The summed E-state index contributed by atoms with van der Waals surface area (Å²) in [4.78, 5) is 13.7. The number of carbonyl (C=O) groups excluding carboxylic acids is 1. The van der Waals surface area contributed by atoms with E-state index in [9.17, 15) is 4.79 Å². The lowest BCUT2D eigenvalue weighted by molar-refractivity contribution is -0.120. The molecule has 0 aromatic carbocycles. The van der Waals surface area contributed by atoms with Crippen LogP contribution in [0, 0.1) is 0 Å². The summed E-state index contributed by atoms with van der Waals surface area (Å²) in [6.45, 7) is 2.40. The number of nitrogens with zero attached hydrogens (tertiary/aromatic N) is 1. The Labute approximate surface area is 125 Å². The number of rotatable bonds is 7. The van der Waals surface area contributed by atoms with Crippen molar-refractivity contribution in [1.82, 2.24) is 4.90 Å². The minimum Gasteiger partial charge on any atom is -0.369 e. The lowest BCUT2D eigenvalue weighted by Crippen LogP contribution is -2.48. The Hall–Kier alpha value is -0.910. The maximum absolute atomic E-state index is 11.5. The van der Waals surface area contributed by atoms with Gasteiger partial charge < -0.3 is 11.5 Å². The number of amides is 1. The average molecular weight is 295 g/mol. The Kier molecular flexibility index (Phi) is 5.57. The first-order valence-corrected chi connectivity index (χ1v) is 8.39. The van der Waals surface area contributed by atoms with Gasteiger partial charge in [0.15, 0.2) is 0 Å². The van der Waals surface area contributed by atoms with Gasteiger partial charge in [-0.2, -0.15) is 11.3 Å². The van der Waals surface area contributed by atoms with E-state index in [2.05, 4.69) is 28.7 Å². The zero-order valence-corrected chi connectivity index (χ0v) is 12.9. The van der Waals surface area contributed by atoms with Crippen LogP contribution in [0.2, 0.25) is 0 Å². The van der Waals surface area contributed by atoms with E-state index < -0.39 is 0 Å². The zero-order chi connectivity index (χ0) is 14.5. The van der Waals surface area contributed by atoms with E-state index in [1.165, 1.54) is 18.4 Å². The van der Waals surface area contributed by atoms with Crippen LogP contribution in [0.15, 0.2) is 16.8 Å². The first-order chi connectivity index (χ1) is 9.63. The third-order valence-corrected chi connectivity index (χ3v) is 4.95. The summed E-state index contributed by atoms with van der Waals surface area (Å²) >= 11 is 1.68. The molecule has 2 rings (SSSR count). The smallest absolute Gasteiger partial charge is 0.231 e. The molecule has 0 aliphatic heterocycles. The Balaban J connectivity index is 2.27. The van der Waals surface area contributed by atoms with E-state index in [4.69, 9.17) is 11.5 Å². The molecule has 1 aliphatic rings. The zero-order valence-electron chi connectivity index (χ0n) is 12.1. The van der Waals surface area contributed by atoms with Crippen molar-refractivity contribution in [3.63, 3.8) is 0 Å². The molecule has 2 unspecified atom stereocenters. The molecule has 112 valence electrons. The van der Waals surface area contributed by atoms with Crippen LogP contribution >= 0.6 is 11.3 Å². The Morgan fingerprint density at radius 3 is 2.70 bits per heavy atom. The predicted octanol–water partition coefficient (Wildman–Crippen LogP) is 2.26. The van der Waals surface area contributed by atoms with Gasteiger partial charge in [0.2, 0.25) is 5.91 Å². The molecule has 1 aromatic heterocycles. The quantitative estimate of drug-likeness (QED) is 0.810. The van der Waals surface area contributed by atoms with Crippen molar-refractivity contribution >= 4 is 17.2 Å². The topological polar surface area (TPSA) is 72.3 Å². The molecule has 4 N–H and O–H groups in total. The molecular formula is C15H25N3OS. The number of thiophene rings is 1. The number of primary amides is 1. The fourth-order valence-corrected chi connectivity index (χ4v) is 3.91. The fourth-order valence-electron chi connectivity index (χ4n) is 3.22. The molecule has 1 heterocycles. The molecule has 1 amide bonds. The standard InChI is InChI=1S/C15H25N3OS/c1-2-13(16)15(11-7-8-20-10-11)18(9-14(17)19)12-5-3-4-6-12/h7-8,10,12-13,15H,2-6,9,16H2,1H3,(H2,17,19). The highest BCUT2D eigenvalue weighted by atomic mass is 32.1. The third-order valence-electron chi connectivity index (χ3n) is 4.25. The van der Waals surface area contributed by atoms with E-state index in [1.807, 2.05) is 0 Å². The Morgan fingerprint density at radius 2 is 2.20 bits per heavy atom. The Bertz CT molecular complexity index is 415. The molecule has 1 fully saturated rings. The summed E-state index contributed by atoms with van der Waals surface area (Å²) in [6, 6.07) is 2.68. The Morgan fingerprint density at radius 1 is 1.50 bits per heavy atom. The number of nitrogens with two attached hydrogens (primary N) is 2. The van der Waals surface area contributed by atoms with Gasteiger partial charge in [-0.3, -0.25) is 9.69 Å². The summed E-state index contributed by atoms with van der Waals surface area (Å²) in [7, 11) is 0. The monoisotopic (exact) mass is 295 g/mol. The SMILES string of the molecule is CCC(N)C(c1ccsc1)N(CC(N)=O)C1CCCC1. The minimum atomic E-state index is -0.263. The predicted molar refractivity (Wildman–Crippen MR) is 83.5 cm³/mol. The van der Waals surface area contributed by atoms with Crippen LogP contribution in [0.3, 0.4) is 0 Å². The summed E-state index contributed by atoms with van der Waals surface area (Å²) in [5.74, 6) is -0.263. The van der Waals surface area contributed by atoms with Gasteiger partial charge >= 0.3 is 0 Å². The first kappa shape index (κ1) is 15.5. The van der Waals surface area contributed by atoms with E-state index in [-0.39, 0.29) is 18.0 Å². The van der Waals surface area contributed by atoms with Crippen molar-refractivity contribution in [1.29, 1.82) is 0 Å². The molecule has 5 heteroatoms. The minimum absolute atomic E-state index is 0.0320. The molecule has 2 atom stereocenters. The molecule has 0 saturated heterocycles. The van der Waals surface area contributed by atoms with E-state index in [0.29, 0.717) is 12.6 Å². The fraction of sp³-hybridized carbons (Fsp3) is 0.667. The summed E-state index contributed by atoms with van der Waals surface area (Å²) in [5.41, 5.74) is 13.1. The van der Waals surface area contributed by atoms with E-state index in [0.717, 1.165) is 19.3 Å². The number of hydrogen-bond donors (Lipinski definition) is 2. The molecule has 0 radical (unpaired) electrons. The van der Waals surface area contributed by atoms with Crippen LogP contribution in [0.5, 0.6) is 0 Å². The highest BCUT2D eigenvalue weighted by Gasteiger charge is 2.33. The summed E-state index contributed by atoms with van der Waals surface area (Å²) < 4.78 is 0. The molecular weight excluding hydrogens is 270 g/mol. The molecule has 0 spiro atoms. The van der Waals surface area contributed by atoms with Gasteiger partial charge in [-0.05, 0) is 41.7 Å². The van der Waals surface area contributed by atoms with Crippen LogP contribution < -0.4 is 11.5 Å². The maximum Gasteiger partial charge on any atom is 0.231 e. The second kappa shape index (κ2) is 7.20. The molecule has 1 aromatic rings. The maximum atomic E-state index is 11.5. The molecule has 1 saturated carbocycles. The van der Waals surface area contributed by atoms with Crippen molar-refractivity contribution in [2.24, 2.45) is 11.5 Å². The highest BCUT2D eigenvalue weighted by Crippen LogP contribution is 2.34. The van der Waals surface area contributed by atoms with Gasteiger partial charge in [-0.1, -0.05) is 19.8 Å². The van der Waals surface area contributed by atoms with Gasteiger partial charge in [0.25, 0.3) is 0 Å². The second-order valence-corrected chi connectivity index (χ2v) is 6.43. The van der Waals surface area contributed by atoms with Crippen molar-refractivity contribution < 1.29 is 4.79 Å². The van der Waals surface area contributed by atoms with Crippen molar-refractivity contribution in [3.8, 4) is 0 Å². The van der Waals surface area contributed by atoms with Crippen LogP contribution in [0.1, 0.15) is 50.6 Å². The van der Waals surface area contributed by atoms with Gasteiger partial charge in [0, 0.05) is 12.1 Å². The van der Waals surface area contributed by atoms with Gasteiger partial charge in [0.1, 0.15) is 0 Å². The first-order valence-electron chi connectivity index (χ1n) is 7.45.